The Bertz CT molecular complexity index is 201. The highest BCUT2D eigenvalue weighted by Crippen LogP contribution is 2.17. The first kappa shape index (κ1) is 14.5. The summed E-state index contributed by atoms with van der Waals surface area (Å²) in [5, 5.41) is 3.22. The van der Waals surface area contributed by atoms with E-state index in [1.54, 1.807) is 0 Å². The first-order valence-electron chi connectivity index (χ1n) is 7.50. The molecule has 100 valence electrons. The lowest BCUT2D eigenvalue weighted by Crippen LogP contribution is -2.37. The maximum Gasteiger partial charge on any atom is 0.222 e. The van der Waals surface area contributed by atoms with Gasteiger partial charge in [0.25, 0.3) is 0 Å². The van der Waals surface area contributed by atoms with E-state index in [9.17, 15) is 4.79 Å². The van der Waals surface area contributed by atoms with Crippen molar-refractivity contribution in [3.05, 3.63) is 0 Å². The number of nitrogens with one attached hydrogen (secondary N) is 1. The highest BCUT2D eigenvalue weighted by atomic mass is 16.1. The van der Waals surface area contributed by atoms with Crippen molar-refractivity contribution in [2.75, 3.05) is 0 Å². The van der Waals surface area contributed by atoms with E-state index in [1.807, 2.05) is 13.8 Å². The predicted molar refractivity (Wildman–Crippen MR) is 72.9 cm³/mol. The molecule has 1 fully saturated rings. The molecule has 0 bridgehead atoms. The van der Waals surface area contributed by atoms with Crippen molar-refractivity contribution in [3.63, 3.8) is 0 Å². The average Bonchev–Trinajstić information content (AvgIpc) is 2.35. The van der Waals surface area contributed by atoms with E-state index in [1.165, 1.54) is 64.2 Å². The molecule has 0 spiro atoms. The monoisotopic (exact) mass is 239 g/mol. The predicted octanol–water partition coefficient (Wildman–Crippen LogP) is 4.04. The molecular weight excluding hydrogens is 210 g/mol. The quantitative estimate of drug-likeness (QED) is 0.774. The van der Waals surface area contributed by atoms with E-state index >= 15 is 0 Å². The number of rotatable bonds is 2. The Hall–Kier alpha value is -0.530. The van der Waals surface area contributed by atoms with Crippen LogP contribution < -0.4 is 5.32 Å². The van der Waals surface area contributed by atoms with Gasteiger partial charge in [-0.3, -0.25) is 4.79 Å². The smallest absolute Gasteiger partial charge is 0.222 e. The van der Waals surface area contributed by atoms with Crippen LogP contribution in [0, 0.1) is 5.92 Å². The van der Waals surface area contributed by atoms with Crippen LogP contribution in [-0.2, 0) is 4.79 Å². The molecule has 0 aromatic rings. The van der Waals surface area contributed by atoms with Crippen molar-refractivity contribution in [1.82, 2.24) is 5.32 Å². The minimum Gasteiger partial charge on any atom is -0.353 e. The Balaban J connectivity index is 2.34. The van der Waals surface area contributed by atoms with Crippen molar-refractivity contribution >= 4 is 5.91 Å². The van der Waals surface area contributed by atoms with E-state index in [4.69, 9.17) is 0 Å². The molecule has 0 unspecified atom stereocenters. The van der Waals surface area contributed by atoms with E-state index in [2.05, 4.69) is 5.32 Å². The maximum absolute atomic E-state index is 11.7. The minimum atomic E-state index is 0.119. The van der Waals surface area contributed by atoms with Crippen LogP contribution >= 0.6 is 0 Å². The zero-order valence-electron chi connectivity index (χ0n) is 11.6. The number of carbonyl (C=O) groups is 1. The summed E-state index contributed by atoms with van der Waals surface area (Å²) in [6.45, 7) is 3.95. The number of hydrogen-bond acceptors (Lipinski definition) is 1. The second-order valence-corrected chi connectivity index (χ2v) is 5.77. The largest absolute Gasteiger partial charge is 0.353 e. The van der Waals surface area contributed by atoms with Gasteiger partial charge in [-0.1, -0.05) is 65.2 Å². The maximum atomic E-state index is 11.7. The average molecular weight is 239 g/mol. The normalized spacial score (nSPS) is 20.9. The zero-order valence-corrected chi connectivity index (χ0v) is 11.6. The third-order valence-electron chi connectivity index (χ3n) is 3.73. The summed E-state index contributed by atoms with van der Waals surface area (Å²) in [6, 6.07) is 0.433. The summed E-state index contributed by atoms with van der Waals surface area (Å²) in [5.41, 5.74) is 0. The third-order valence-corrected chi connectivity index (χ3v) is 3.73. The van der Waals surface area contributed by atoms with Gasteiger partial charge in [0.2, 0.25) is 5.91 Å². The van der Waals surface area contributed by atoms with Gasteiger partial charge in [-0.2, -0.15) is 0 Å². The highest BCUT2D eigenvalue weighted by molar-refractivity contribution is 5.78. The van der Waals surface area contributed by atoms with Crippen LogP contribution in [0.5, 0.6) is 0 Å². The first-order valence-corrected chi connectivity index (χ1v) is 7.50. The first-order chi connectivity index (χ1) is 8.20. The van der Waals surface area contributed by atoms with Crippen LogP contribution in [0.15, 0.2) is 0 Å². The lowest BCUT2D eigenvalue weighted by Gasteiger charge is -2.19. The van der Waals surface area contributed by atoms with E-state index < -0.39 is 0 Å². The van der Waals surface area contributed by atoms with Crippen LogP contribution in [0.2, 0.25) is 0 Å². The van der Waals surface area contributed by atoms with Crippen LogP contribution in [0.25, 0.3) is 0 Å². The molecule has 1 rings (SSSR count). The van der Waals surface area contributed by atoms with Gasteiger partial charge in [-0.15, -0.1) is 0 Å². The molecule has 0 aromatic heterocycles. The van der Waals surface area contributed by atoms with Gasteiger partial charge in [0.1, 0.15) is 0 Å². The fourth-order valence-electron chi connectivity index (χ4n) is 2.50. The van der Waals surface area contributed by atoms with Crippen LogP contribution in [0.1, 0.15) is 78.1 Å². The summed E-state index contributed by atoms with van der Waals surface area (Å²) < 4.78 is 0. The lowest BCUT2D eigenvalue weighted by atomic mass is 10.0. The third kappa shape index (κ3) is 6.70. The topological polar surface area (TPSA) is 29.1 Å². The van der Waals surface area contributed by atoms with Crippen molar-refractivity contribution in [3.8, 4) is 0 Å². The molecule has 1 aliphatic carbocycles. The molecule has 2 heteroatoms. The minimum absolute atomic E-state index is 0.119. The van der Waals surface area contributed by atoms with Crippen LogP contribution in [0.4, 0.5) is 0 Å². The van der Waals surface area contributed by atoms with Crippen molar-refractivity contribution in [2.45, 2.75) is 84.1 Å². The van der Waals surface area contributed by atoms with Gasteiger partial charge in [-0.25, -0.2) is 0 Å². The molecule has 0 saturated heterocycles. The molecule has 0 atom stereocenters. The molecule has 0 heterocycles. The summed E-state index contributed by atoms with van der Waals surface area (Å²) >= 11 is 0. The standard InChI is InChI=1S/C15H29NO/c1-13(2)15(17)16-14-11-9-7-5-3-4-6-8-10-12-14/h13-14H,3-12H2,1-2H3,(H,16,17). The Kier molecular flexibility index (Phi) is 7.30. The van der Waals surface area contributed by atoms with Gasteiger partial charge in [0.15, 0.2) is 0 Å². The summed E-state index contributed by atoms with van der Waals surface area (Å²) in [4.78, 5) is 11.7. The summed E-state index contributed by atoms with van der Waals surface area (Å²) in [5.74, 6) is 0.345. The number of amides is 1. The van der Waals surface area contributed by atoms with E-state index in [0.29, 0.717) is 6.04 Å². The molecule has 17 heavy (non-hydrogen) atoms. The Labute approximate surface area is 107 Å². The molecule has 1 amide bonds. The van der Waals surface area contributed by atoms with Crippen LogP contribution in [0.3, 0.4) is 0 Å². The second kappa shape index (κ2) is 8.54. The molecule has 0 aromatic carbocycles. The Morgan fingerprint density at radius 1 is 0.882 bits per heavy atom. The Morgan fingerprint density at radius 2 is 1.29 bits per heavy atom. The fraction of sp³-hybridized carbons (Fsp3) is 0.933. The molecule has 1 aliphatic rings. The summed E-state index contributed by atoms with van der Waals surface area (Å²) in [6.07, 6.45) is 13.2. The van der Waals surface area contributed by atoms with E-state index in [-0.39, 0.29) is 11.8 Å². The molecule has 0 aliphatic heterocycles. The van der Waals surface area contributed by atoms with Crippen molar-refractivity contribution < 1.29 is 4.79 Å². The zero-order chi connectivity index (χ0) is 12.5. The lowest BCUT2D eigenvalue weighted by molar-refractivity contribution is -0.124. The number of hydrogen-bond donors (Lipinski definition) is 1. The van der Waals surface area contributed by atoms with Crippen molar-refractivity contribution in [2.24, 2.45) is 5.92 Å². The van der Waals surface area contributed by atoms with E-state index in [0.717, 1.165) is 0 Å². The Morgan fingerprint density at radius 3 is 1.71 bits per heavy atom. The molecule has 1 saturated carbocycles. The van der Waals surface area contributed by atoms with Crippen LogP contribution in [-0.4, -0.2) is 11.9 Å². The molecule has 2 nitrogen and oxygen atoms in total. The van der Waals surface area contributed by atoms with Gasteiger partial charge >= 0.3 is 0 Å². The van der Waals surface area contributed by atoms with Gasteiger partial charge < -0.3 is 5.32 Å². The second-order valence-electron chi connectivity index (χ2n) is 5.77. The van der Waals surface area contributed by atoms with Gasteiger partial charge in [0.05, 0.1) is 0 Å². The molecular formula is C15H29NO. The fourth-order valence-corrected chi connectivity index (χ4v) is 2.50. The molecule has 1 N–H and O–H groups in total. The SMILES string of the molecule is CC(C)C(=O)NC1CCCCCCCCCC1. The van der Waals surface area contributed by atoms with Gasteiger partial charge in [0, 0.05) is 12.0 Å². The molecule has 0 radical (unpaired) electrons. The van der Waals surface area contributed by atoms with Gasteiger partial charge in [-0.05, 0) is 12.8 Å². The summed E-state index contributed by atoms with van der Waals surface area (Å²) in [7, 11) is 0. The highest BCUT2D eigenvalue weighted by Gasteiger charge is 2.14. The van der Waals surface area contributed by atoms with Crippen molar-refractivity contribution in [1.29, 1.82) is 0 Å². The number of carbonyl (C=O) groups excluding carboxylic acids is 1.